The lowest BCUT2D eigenvalue weighted by molar-refractivity contribution is 0.0245. The Kier molecular flexibility index (Phi) is 5.15. The molecule has 1 atom stereocenters. The van der Waals surface area contributed by atoms with Crippen LogP contribution in [0.3, 0.4) is 0 Å². The molecule has 0 spiro atoms. The van der Waals surface area contributed by atoms with E-state index >= 15 is 0 Å². The molecule has 0 saturated heterocycles. The van der Waals surface area contributed by atoms with Gasteiger partial charge in [-0.25, -0.2) is 0 Å². The van der Waals surface area contributed by atoms with Crippen molar-refractivity contribution in [2.24, 2.45) is 0 Å². The van der Waals surface area contributed by atoms with Gasteiger partial charge in [0.15, 0.2) is 0 Å². The van der Waals surface area contributed by atoms with Gasteiger partial charge >= 0.3 is 0 Å². The van der Waals surface area contributed by atoms with Crippen LogP contribution in [0.1, 0.15) is 18.6 Å². The molecular formula is C12H18O3. The van der Waals surface area contributed by atoms with Gasteiger partial charge in [-0.05, 0) is 13.0 Å². The summed E-state index contributed by atoms with van der Waals surface area (Å²) < 4.78 is 15.8. The van der Waals surface area contributed by atoms with Gasteiger partial charge in [-0.2, -0.15) is 0 Å². The second-order valence-electron chi connectivity index (χ2n) is 3.25. The molecule has 0 aliphatic heterocycles. The third-order valence-corrected chi connectivity index (χ3v) is 2.23. The van der Waals surface area contributed by atoms with Crippen LogP contribution >= 0.6 is 0 Å². The van der Waals surface area contributed by atoms with Crippen molar-refractivity contribution in [1.82, 2.24) is 0 Å². The van der Waals surface area contributed by atoms with Crippen molar-refractivity contribution in [2.45, 2.75) is 13.0 Å². The highest BCUT2D eigenvalue weighted by Crippen LogP contribution is 2.26. The van der Waals surface area contributed by atoms with Crippen LogP contribution in [-0.2, 0) is 9.47 Å². The smallest absolute Gasteiger partial charge is 0.124 e. The van der Waals surface area contributed by atoms with Gasteiger partial charge in [0.2, 0.25) is 0 Å². The summed E-state index contributed by atoms with van der Waals surface area (Å²) in [5.41, 5.74) is 1.07. The number of para-hydroxylation sites is 1. The van der Waals surface area contributed by atoms with Gasteiger partial charge in [0, 0.05) is 12.7 Å². The van der Waals surface area contributed by atoms with Crippen molar-refractivity contribution in [2.75, 3.05) is 27.4 Å². The Bertz CT molecular complexity index is 286. The lowest BCUT2D eigenvalue weighted by Crippen LogP contribution is -2.07. The zero-order valence-corrected chi connectivity index (χ0v) is 9.53. The van der Waals surface area contributed by atoms with E-state index in [-0.39, 0.29) is 6.10 Å². The Balaban J connectivity index is 2.59. The highest BCUT2D eigenvalue weighted by atomic mass is 16.5. The molecule has 3 nitrogen and oxygen atoms in total. The fourth-order valence-electron chi connectivity index (χ4n) is 1.40. The molecule has 84 valence electrons. The van der Waals surface area contributed by atoms with Crippen molar-refractivity contribution in [1.29, 1.82) is 0 Å². The van der Waals surface area contributed by atoms with E-state index < -0.39 is 0 Å². The van der Waals surface area contributed by atoms with Gasteiger partial charge in [0.25, 0.3) is 0 Å². The molecule has 1 unspecified atom stereocenters. The maximum atomic E-state index is 5.61. The van der Waals surface area contributed by atoms with E-state index in [4.69, 9.17) is 14.2 Å². The zero-order chi connectivity index (χ0) is 11.1. The van der Waals surface area contributed by atoms with Crippen LogP contribution in [0.25, 0.3) is 0 Å². The van der Waals surface area contributed by atoms with E-state index in [0.29, 0.717) is 13.2 Å². The average Bonchev–Trinajstić information content (AvgIpc) is 2.29. The quantitative estimate of drug-likeness (QED) is 0.675. The van der Waals surface area contributed by atoms with E-state index in [1.54, 1.807) is 14.2 Å². The molecule has 0 radical (unpaired) electrons. The maximum absolute atomic E-state index is 5.61. The molecule has 3 heteroatoms. The highest BCUT2D eigenvalue weighted by Gasteiger charge is 2.10. The molecule has 1 aromatic rings. The molecule has 0 aliphatic rings. The number of ether oxygens (including phenoxy) is 3. The van der Waals surface area contributed by atoms with Crippen molar-refractivity contribution in [3.63, 3.8) is 0 Å². The maximum Gasteiger partial charge on any atom is 0.124 e. The van der Waals surface area contributed by atoms with Gasteiger partial charge in [0.05, 0.1) is 26.4 Å². The normalized spacial score (nSPS) is 12.5. The second-order valence-corrected chi connectivity index (χ2v) is 3.25. The van der Waals surface area contributed by atoms with Gasteiger partial charge in [-0.3, -0.25) is 0 Å². The minimum absolute atomic E-state index is 0.0244. The van der Waals surface area contributed by atoms with Crippen LogP contribution in [0, 0.1) is 0 Å². The molecule has 15 heavy (non-hydrogen) atoms. The Morgan fingerprint density at radius 2 is 1.87 bits per heavy atom. The Hall–Kier alpha value is -1.06. The monoisotopic (exact) mass is 210 g/mol. The van der Waals surface area contributed by atoms with Crippen molar-refractivity contribution >= 4 is 0 Å². The molecule has 1 rings (SSSR count). The Labute approximate surface area is 91.0 Å². The third kappa shape index (κ3) is 3.53. The molecule has 0 aliphatic carbocycles. The third-order valence-electron chi connectivity index (χ3n) is 2.23. The number of rotatable bonds is 6. The minimum Gasteiger partial charge on any atom is -0.496 e. The molecule has 1 aromatic carbocycles. The van der Waals surface area contributed by atoms with Gasteiger partial charge in [-0.1, -0.05) is 18.2 Å². The van der Waals surface area contributed by atoms with E-state index in [1.807, 2.05) is 31.2 Å². The molecule has 0 fully saturated rings. The van der Waals surface area contributed by atoms with Crippen molar-refractivity contribution in [3.05, 3.63) is 29.8 Å². The summed E-state index contributed by atoms with van der Waals surface area (Å²) in [5.74, 6) is 0.863. The summed E-state index contributed by atoms with van der Waals surface area (Å²) in [6.07, 6.45) is 0.0244. The SMILES string of the molecule is COCCOC(C)c1ccccc1OC. The summed E-state index contributed by atoms with van der Waals surface area (Å²) in [7, 11) is 3.33. The zero-order valence-electron chi connectivity index (χ0n) is 9.53. The fraction of sp³-hybridized carbons (Fsp3) is 0.500. The number of methoxy groups -OCH3 is 2. The van der Waals surface area contributed by atoms with Crippen LogP contribution in [0.2, 0.25) is 0 Å². The Morgan fingerprint density at radius 3 is 2.53 bits per heavy atom. The molecule has 0 heterocycles. The molecule has 0 amide bonds. The number of benzene rings is 1. The minimum atomic E-state index is 0.0244. The molecule has 0 aromatic heterocycles. The fourth-order valence-corrected chi connectivity index (χ4v) is 1.40. The lowest BCUT2D eigenvalue weighted by atomic mass is 10.1. The van der Waals surface area contributed by atoms with Crippen LogP contribution in [0.5, 0.6) is 5.75 Å². The number of hydrogen-bond acceptors (Lipinski definition) is 3. The first-order valence-corrected chi connectivity index (χ1v) is 5.03. The Morgan fingerprint density at radius 1 is 1.13 bits per heavy atom. The lowest BCUT2D eigenvalue weighted by Gasteiger charge is -2.16. The van der Waals surface area contributed by atoms with E-state index in [2.05, 4.69) is 0 Å². The van der Waals surface area contributed by atoms with Crippen LogP contribution in [0.15, 0.2) is 24.3 Å². The van der Waals surface area contributed by atoms with E-state index in [0.717, 1.165) is 11.3 Å². The number of hydrogen-bond donors (Lipinski definition) is 0. The van der Waals surface area contributed by atoms with Crippen LogP contribution in [0.4, 0.5) is 0 Å². The standard InChI is InChI=1S/C12H18O3/c1-10(15-9-8-13-2)11-6-4-5-7-12(11)14-3/h4-7,10H,8-9H2,1-3H3. The summed E-state index contributed by atoms with van der Waals surface area (Å²) in [5, 5.41) is 0. The molecule has 0 saturated carbocycles. The highest BCUT2D eigenvalue weighted by molar-refractivity contribution is 5.34. The summed E-state index contributed by atoms with van der Waals surface area (Å²) >= 11 is 0. The van der Waals surface area contributed by atoms with Crippen molar-refractivity contribution in [3.8, 4) is 5.75 Å². The summed E-state index contributed by atoms with van der Waals surface area (Å²) in [6.45, 7) is 3.21. The summed E-state index contributed by atoms with van der Waals surface area (Å²) in [4.78, 5) is 0. The molecule has 0 N–H and O–H groups in total. The molecule has 0 bridgehead atoms. The first-order chi connectivity index (χ1) is 7.29. The summed E-state index contributed by atoms with van der Waals surface area (Å²) in [6, 6.07) is 7.88. The first kappa shape index (κ1) is 12.0. The average molecular weight is 210 g/mol. The van der Waals surface area contributed by atoms with Gasteiger partial charge in [-0.15, -0.1) is 0 Å². The van der Waals surface area contributed by atoms with Gasteiger partial charge < -0.3 is 14.2 Å². The molecular weight excluding hydrogens is 192 g/mol. The van der Waals surface area contributed by atoms with Crippen LogP contribution in [-0.4, -0.2) is 27.4 Å². The van der Waals surface area contributed by atoms with Crippen molar-refractivity contribution < 1.29 is 14.2 Å². The largest absolute Gasteiger partial charge is 0.496 e. The van der Waals surface area contributed by atoms with Gasteiger partial charge in [0.1, 0.15) is 5.75 Å². The first-order valence-electron chi connectivity index (χ1n) is 5.03. The second kappa shape index (κ2) is 6.43. The van der Waals surface area contributed by atoms with E-state index in [9.17, 15) is 0 Å². The predicted molar refractivity (Wildman–Crippen MR) is 59.2 cm³/mol. The topological polar surface area (TPSA) is 27.7 Å². The van der Waals surface area contributed by atoms with Crippen LogP contribution < -0.4 is 4.74 Å². The predicted octanol–water partition coefficient (Wildman–Crippen LogP) is 2.42. The van der Waals surface area contributed by atoms with E-state index in [1.165, 1.54) is 0 Å².